The van der Waals surface area contributed by atoms with Crippen LogP contribution in [0.5, 0.6) is 0 Å². The van der Waals surface area contributed by atoms with Crippen LogP contribution in [-0.4, -0.2) is 49.4 Å². The lowest BCUT2D eigenvalue weighted by Gasteiger charge is -2.41. The van der Waals surface area contributed by atoms with Crippen LogP contribution in [0.15, 0.2) is 54.6 Å². The third kappa shape index (κ3) is 4.05. The van der Waals surface area contributed by atoms with Gasteiger partial charge in [-0.25, -0.2) is 4.79 Å². The maximum absolute atomic E-state index is 11.9. The Morgan fingerprint density at radius 3 is 2.63 bits per heavy atom. The van der Waals surface area contributed by atoms with Crippen LogP contribution in [0, 0.1) is 0 Å². The average Bonchev–Trinajstić information content (AvgIpc) is 3.18. The Kier molecular flexibility index (Phi) is 5.53. The maximum atomic E-state index is 11.9. The van der Waals surface area contributed by atoms with E-state index in [-0.39, 0.29) is 18.2 Å². The summed E-state index contributed by atoms with van der Waals surface area (Å²) in [5, 5.41) is 0. The van der Waals surface area contributed by atoms with E-state index >= 15 is 0 Å². The first-order chi connectivity index (χ1) is 13.2. The fourth-order valence-corrected chi connectivity index (χ4v) is 3.83. The van der Waals surface area contributed by atoms with Gasteiger partial charge in [0.15, 0.2) is 0 Å². The predicted molar refractivity (Wildman–Crippen MR) is 101 cm³/mol. The zero-order valence-corrected chi connectivity index (χ0v) is 15.5. The topological polar surface area (TPSA) is 48.0 Å². The molecule has 27 heavy (non-hydrogen) atoms. The molecule has 0 N–H and O–H groups in total. The van der Waals surface area contributed by atoms with Gasteiger partial charge >= 0.3 is 5.97 Å². The highest BCUT2D eigenvalue weighted by Gasteiger charge is 2.41. The van der Waals surface area contributed by atoms with Crippen LogP contribution in [0.4, 0.5) is 0 Å². The second kappa shape index (κ2) is 8.21. The molecule has 2 aromatic rings. The third-order valence-electron chi connectivity index (χ3n) is 5.23. The van der Waals surface area contributed by atoms with Crippen LogP contribution >= 0.6 is 0 Å². The minimum Gasteiger partial charge on any atom is -0.462 e. The second-order valence-electron chi connectivity index (χ2n) is 7.03. The number of esters is 1. The number of hydrogen-bond acceptors (Lipinski definition) is 5. The summed E-state index contributed by atoms with van der Waals surface area (Å²) in [6.45, 7) is 5.22. The highest BCUT2D eigenvalue weighted by molar-refractivity contribution is 5.89. The minimum absolute atomic E-state index is 0.0343. The van der Waals surface area contributed by atoms with Crippen molar-refractivity contribution in [3.63, 3.8) is 0 Å². The lowest BCUT2D eigenvalue weighted by atomic mass is 10.0. The molecule has 142 valence electrons. The van der Waals surface area contributed by atoms with E-state index in [1.54, 1.807) is 0 Å². The van der Waals surface area contributed by atoms with Crippen molar-refractivity contribution in [2.45, 2.75) is 31.7 Å². The SMILES string of the molecule is CCOC(=O)c1ccc(C2CN(Cc3ccccc3)[C@@H]3COC[C@@H]3O2)cc1. The Labute approximate surface area is 159 Å². The van der Waals surface area contributed by atoms with E-state index in [0.29, 0.717) is 31.4 Å². The van der Waals surface area contributed by atoms with Crippen molar-refractivity contribution in [2.24, 2.45) is 0 Å². The molecule has 0 saturated carbocycles. The van der Waals surface area contributed by atoms with Gasteiger partial charge < -0.3 is 14.2 Å². The molecule has 1 unspecified atom stereocenters. The minimum atomic E-state index is -0.288. The Balaban J connectivity index is 1.50. The molecular formula is C22H25NO4. The van der Waals surface area contributed by atoms with Crippen molar-refractivity contribution in [1.82, 2.24) is 4.90 Å². The van der Waals surface area contributed by atoms with E-state index < -0.39 is 0 Å². The number of morpholine rings is 1. The van der Waals surface area contributed by atoms with Crippen molar-refractivity contribution < 1.29 is 19.0 Å². The molecule has 5 nitrogen and oxygen atoms in total. The average molecular weight is 367 g/mol. The summed E-state index contributed by atoms with van der Waals surface area (Å²) in [6, 6.07) is 18.4. The van der Waals surface area contributed by atoms with Crippen LogP contribution in [-0.2, 0) is 20.8 Å². The van der Waals surface area contributed by atoms with E-state index in [2.05, 4.69) is 29.2 Å². The molecule has 0 radical (unpaired) electrons. The molecule has 2 aliphatic heterocycles. The van der Waals surface area contributed by atoms with Gasteiger partial charge in [-0.15, -0.1) is 0 Å². The summed E-state index contributed by atoms with van der Waals surface area (Å²) in [4.78, 5) is 14.3. The van der Waals surface area contributed by atoms with Crippen LogP contribution < -0.4 is 0 Å². The molecule has 4 rings (SSSR count). The third-order valence-corrected chi connectivity index (χ3v) is 5.23. The molecule has 0 aromatic heterocycles. The largest absolute Gasteiger partial charge is 0.462 e. The van der Waals surface area contributed by atoms with Crippen molar-refractivity contribution in [3.8, 4) is 0 Å². The Hall–Kier alpha value is -2.21. The van der Waals surface area contributed by atoms with Crippen molar-refractivity contribution in [2.75, 3.05) is 26.4 Å². The van der Waals surface area contributed by atoms with Gasteiger partial charge in [0.05, 0.1) is 43.6 Å². The number of nitrogens with zero attached hydrogens (tertiary/aromatic N) is 1. The summed E-state index contributed by atoms with van der Waals surface area (Å²) in [7, 11) is 0. The number of carbonyl (C=O) groups is 1. The summed E-state index contributed by atoms with van der Waals surface area (Å²) in [5.74, 6) is -0.288. The predicted octanol–water partition coefficient (Wildman–Crippen LogP) is 3.20. The summed E-state index contributed by atoms with van der Waals surface area (Å²) < 4.78 is 17.1. The lowest BCUT2D eigenvalue weighted by molar-refractivity contribution is -0.106. The highest BCUT2D eigenvalue weighted by atomic mass is 16.6. The van der Waals surface area contributed by atoms with Gasteiger partial charge in [0.1, 0.15) is 0 Å². The highest BCUT2D eigenvalue weighted by Crippen LogP contribution is 2.33. The molecule has 3 atom stereocenters. The smallest absolute Gasteiger partial charge is 0.338 e. The van der Waals surface area contributed by atoms with Gasteiger partial charge in [-0.3, -0.25) is 4.90 Å². The standard InChI is InChI=1S/C22H25NO4/c1-2-26-22(24)18-10-8-17(9-11-18)20-13-23(12-16-6-4-3-5-7-16)19-14-25-15-21(19)27-20/h3-11,19-21H,2,12-15H2,1H3/t19-,20?,21+/m1/s1. The Bertz CT molecular complexity index is 762. The molecule has 0 aliphatic carbocycles. The zero-order chi connectivity index (χ0) is 18.6. The van der Waals surface area contributed by atoms with Crippen molar-refractivity contribution in [1.29, 1.82) is 0 Å². The van der Waals surface area contributed by atoms with Gasteiger partial charge in [-0.05, 0) is 30.2 Å². The summed E-state index contributed by atoms with van der Waals surface area (Å²) in [6.07, 6.45) is 0.0464. The van der Waals surface area contributed by atoms with Gasteiger partial charge in [0, 0.05) is 13.1 Å². The van der Waals surface area contributed by atoms with Gasteiger partial charge in [0.25, 0.3) is 0 Å². The van der Waals surface area contributed by atoms with E-state index in [1.807, 2.05) is 37.3 Å². The molecule has 0 bridgehead atoms. The van der Waals surface area contributed by atoms with E-state index in [4.69, 9.17) is 14.2 Å². The van der Waals surface area contributed by atoms with Crippen LogP contribution in [0.25, 0.3) is 0 Å². The van der Waals surface area contributed by atoms with Crippen LogP contribution in [0.3, 0.4) is 0 Å². The second-order valence-corrected chi connectivity index (χ2v) is 7.03. The quantitative estimate of drug-likeness (QED) is 0.760. The summed E-state index contributed by atoms with van der Waals surface area (Å²) >= 11 is 0. The Morgan fingerprint density at radius 1 is 1.11 bits per heavy atom. The normalized spacial score (nSPS) is 25.1. The van der Waals surface area contributed by atoms with Gasteiger partial charge in [-0.2, -0.15) is 0 Å². The molecule has 2 heterocycles. The molecule has 0 spiro atoms. The first-order valence-corrected chi connectivity index (χ1v) is 9.53. The molecule has 5 heteroatoms. The van der Waals surface area contributed by atoms with E-state index in [0.717, 1.165) is 18.7 Å². The molecule has 0 amide bonds. The number of ether oxygens (including phenoxy) is 3. The first-order valence-electron chi connectivity index (χ1n) is 9.53. The maximum Gasteiger partial charge on any atom is 0.338 e. The van der Waals surface area contributed by atoms with E-state index in [1.165, 1.54) is 5.56 Å². The number of hydrogen-bond donors (Lipinski definition) is 0. The molecule has 2 fully saturated rings. The van der Waals surface area contributed by atoms with Crippen LogP contribution in [0.1, 0.15) is 34.5 Å². The number of rotatable bonds is 5. The summed E-state index contributed by atoms with van der Waals surface area (Å²) in [5.41, 5.74) is 2.94. The molecule has 2 saturated heterocycles. The monoisotopic (exact) mass is 367 g/mol. The number of benzene rings is 2. The van der Waals surface area contributed by atoms with Crippen LogP contribution in [0.2, 0.25) is 0 Å². The number of carbonyl (C=O) groups excluding carboxylic acids is 1. The zero-order valence-electron chi connectivity index (χ0n) is 15.5. The molecule has 2 aliphatic rings. The number of fused-ring (bicyclic) bond motifs is 1. The van der Waals surface area contributed by atoms with Crippen molar-refractivity contribution >= 4 is 5.97 Å². The fraction of sp³-hybridized carbons (Fsp3) is 0.409. The Morgan fingerprint density at radius 2 is 1.89 bits per heavy atom. The van der Waals surface area contributed by atoms with E-state index in [9.17, 15) is 4.79 Å². The van der Waals surface area contributed by atoms with Crippen molar-refractivity contribution in [3.05, 3.63) is 71.3 Å². The lowest BCUT2D eigenvalue weighted by Crippen LogP contribution is -2.51. The molecular weight excluding hydrogens is 342 g/mol. The fourth-order valence-electron chi connectivity index (χ4n) is 3.83. The van der Waals surface area contributed by atoms with Gasteiger partial charge in [0.2, 0.25) is 0 Å². The van der Waals surface area contributed by atoms with Gasteiger partial charge in [-0.1, -0.05) is 42.5 Å². The first kappa shape index (κ1) is 18.2. The molecule has 2 aromatic carbocycles.